The Morgan fingerprint density at radius 3 is 2.50 bits per heavy atom. The Labute approximate surface area is 67.3 Å². The van der Waals surface area contributed by atoms with Gasteiger partial charge in [0.15, 0.2) is 0 Å². The largest absolute Gasteiger partial charge is 0.404 e. The summed E-state index contributed by atoms with van der Waals surface area (Å²) in [6.07, 6.45) is -4.35. The first kappa shape index (κ1) is 9.31. The zero-order valence-corrected chi connectivity index (χ0v) is 6.40. The van der Waals surface area contributed by atoms with E-state index in [0.717, 1.165) is 0 Å². The monoisotopic (exact) mass is 182 g/mol. The summed E-state index contributed by atoms with van der Waals surface area (Å²) in [5.74, 6) is -1.62. The van der Waals surface area contributed by atoms with Gasteiger partial charge in [0.25, 0.3) is 0 Å². The molecule has 0 aromatic carbocycles. The van der Waals surface area contributed by atoms with E-state index in [2.05, 4.69) is 10.6 Å². The van der Waals surface area contributed by atoms with E-state index in [4.69, 9.17) is 0 Å². The van der Waals surface area contributed by atoms with Gasteiger partial charge in [0.05, 0.1) is 12.6 Å². The molecular formula is C6H9F3N2O. The minimum absolute atomic E-state index is 0.118. The smallest absolute Gasteiger partial charge is 0.343 e. The van der Waals surface area contributed by atoms with E-state index in [1.54, 1.807) is 0 Å². The van der Waals surface area contributed by atoms with Gasteiger partial charge in [0.2, 0.25) is 5.91 Å². The van der Waals surface area contributed by atoms with E-state index in [1.807, 2.05) is 0 Å². The van der Waals surface area contributed by atoms with Crippen LogP contribution in [0.25, 0.3) is 0 Å². The predicted octanol–water partition coefficient (Wildman–Crippen LogP) is 0.230. The summed E-state index contributed by atoms with van der Waals surface area (Å²) in [6, 6.07) is -1.72. The highest BCUT2D eigenvalue weighted by Crippen LogP contribution is 2.26. The van der Waals surface area contributed by atoms with Crippen molar-refractivity contribution in [1.82, 2.24) is 10.6 Å². The molecule has 0 aliphatic carbocycles. The van der Waals surface area contributed by atoms with Crippen molar-refractivity contribution in [3.05, 3.63) is 0 Å². The van der Waals surface area contributed by atoms with E-state index in [9.17, 15) is 18.0 Å². The predicted molar refractivity (Wildman–Crippen MR) is 35.2 cm³/mol. The average molecular weight is 182 g/mol. The van der Waals surface area contributed by atoms with Crippen molar-refractivity contribution >= 4 is 5.91 Å². The standard InChI is InChI=1S/C6H9F3N2O/c1-3-4(6(7,8)9)10-2-11-5(3)12/h3-4,10H,2H2,1H3,(H,11,12). The van der Waals surface area contributed by atoms with Gasteiger partial charge in [-0.25, -0.2) is 0 Å². The molecule has 3 nitrogen and oxygen atoms in total. The molecule has 1 aliphatic heterocycles. The minimum Gasteiger partial charge on any atom is -0.343 e. The number of carbonyl (C=O) groups is 1. The highest BCUT2D eigenvalue weighted by molar-refractivity contribution is 5.79. The third-order valence-electron chi connectivity index (χ3n) is 1.85. The molecule has 0 bridgehead atoms. The summed E-state index contributed by atoms with van der Waals surface area (Å²) in [5, 5.41) is 4.47. The molecule has 0 aromatic rings. The fraction of sp³-hybridized carbons (Fsp3) is 0.833. The molecule has 1 rings (SSSR count). The van der Waals surface area contributed by atoms with Crippen LogP contribution in [0.2, 0.25) is 0 Å². The van der Waals surface area contributed by atoms with Gasteiger partial charge >= 0.3 is 6.18 Å². The summed E-state index contributed by atoms with van der Waals surface area (Å²) in [6.45, 7) is 1.13. The minimum atomic E-state index is -4.35. The van der Waals surface area contributed by atoms with Crippen molar-refractivity contribution in [2.45, 2.75) is 19.1 Å². The van der Waals surface area contributed by atoms with Crippen LogP contribution in [-0.4, -0.2) is 24.8 Å². The Morgan fingerprint density at radius 1 is 1.50 bits per heavy atom. The molecular weight excluding hydrogens is 173 g/mol. The summed E-state index contributed by atoms with van der Waals surface area (Å²) in [5.41, 5.74) is 0. The van der Waals surface area contributed by atoms with Crippen molar-refractivity contribution in [2.75, 3.05) is 6.67 Å². The Morgan fingerprint density at radius 2 is 2.08 bits per heavy atom. The van der Waals surface area contributed by atoms with E-state index in [0.29, 0.717) is 0 Å². The second kappa shape index (κ2) is 2.93. The van der Waals surface area contributed by atoms with Crippen molar-refractivity contribution in [3.8, 4) is 0 Å². The molecule has 70 valence electrons. The van der Waals surface area contributed by atoms with Gasteiger partial charge in [-0.05, 0) is 0 Å². The molecule has 12 heavy (non-hydrogen) atoms. The number of nitrogens with one attached hydrogen (secondary N) is 2. The van der Waals surface area contributed by atoms with Crippen molar-refractivity contribution in [3.63, 3.8) is 0 Å². The fourth-order valence-electron chi connectivity index (χ4n) is 1.14. The summed E-state index contributed by atoms with van der Waals surface area (Å²) < 4.78 is 36.4. The van der Waals surface area contributed by atoms with Crippen LogP contribution < -0.4 is 10.6 Å². The zero-order chi connectivity index (χ0) is 9.35. The molecule has 1 amide bonds. The van der Waals surface area contributed by atoms with Gasteiger partial charge in [0, 0.05) is 0 Å². The average Bonchev–Trinajstić information content (AvgIpc) is 1.92. The molecule has 1 heterocycles. The highest BCUT2D eigenvalue weighted by Gasteiger charge is 2.46. The number of alkyl halides is 3. The van der Waals surface area contributed by atoms with Gasteiger partial charge in [0.1, 0.15) is 6.04 Å². The molecule has 1 saturated heterocycles. The number of hydrogen-bond donors (Lipinski definition) is 2. The van der Waals surface area contributed by atoms with Crippen LogP contribution in [0.5, 0.6) is 0 Å². The number of carbonyl (C=O) groups excluding carboxylic acids is 1. The molecule has 2 unspecified atom stereocenters. The first-order chi connectivity index (χ1) is 5.43. The van der Waals surface area contributed by atoms with E-state index in [1.165, 1.54) is 6.92 Å². The van der Waals surface area contributed by atoms with E-state index in [-0.39, 0.29) is 6.67 Å². The molecule has 6 heteroatoms. The second-order valence-electron chi connectivity index (χ2n) is 2.73. The maximum absolute atomic E-state index is 12.1. The fourth-order valence-corrected chi connectivity index (χ4v) is 1.14. The second-order valence-corrected chi connectivity index (χ2v) is 2.73. The highest BCUT2D eigenvalue weighted by atomic mass is 19.4. The quantitative estimate of drug-likeness (QED) is 0.563. The number of amides is 1. The molecule has 1 aliphatic rings. The van der Waals surface area contributed by atoms with Gasteiger partial charge in [-0.1, -0.05) is 6.92 Å². The molecule has 2 atom stereocenters. The van der Waals surface area contributed by atoms with Crippen LogP contribution in [0.3, 0.4) is 0 Å². The van der Waals surface area contributed by atoms with Crippen molar-refractivity contribution in [1.29, 1.82) is 0 Å². The third-order valence-corrected chi connectivity index (χ3v) is 1.85. The van der Waals surface area contributed by atoms with Gasteiger partial charge in [-0.3, -0.25) is 10.1 Å². The number of rotatable bonds is 0. The normalized spacial score (nSPS) is 31.5. The Balaban J connectivity index is 2.70. The van der Waals surface area contributed by atoms with Gasteiger partial charge in [-0.15, -0.1) is 0 Å². The van der Waals surface area contributed by atoms with Crippen LogP contribution in [-0.2, 0) is 4.79 Å². The first-order valence-corrected chi connectivity index (χ1v) is 3.50. The van der Waals surface area contributed by atoms with Crippen LogP contribution in [0.15, 0.2) is 0 Å². The molecule has 0 spiro atoms. The molecule has 0 radical (unpaired) electrons. The van der Waals surface area contributed by atoms with Gasteiger partial charge < -0.3 is 5.32 Å². The van der Waals surface area contributed by atoms with Crippen molar-refractivity contribution < 1.29 is 18.0 Å². The SMILES string of the molecule is CC1C(=O)NCNC1C(F)(F)F. The van der Waals surface area contributed by atoms with Gasteiger partial charge in [-0.2, -0.15) is 13.2 Å². The lowest BCUT2D eigenvalue weighted by atomic mass is 9.99. The van der Waals surface area contributed by atoms with Crippen LogP contribution >= 0.6 is 0 Å². The van der Waals surface area contributed by atoms with E-state index < -0.39 is 24.0 Å². The molecule has 2 N–H and O–H groups in total. The molecule has 0 aromatic heterocycles. The lowest BCUT2D eigenvalue weighted by Crippen LogP contribution is -2.59. The summed E-state index contributed by atoms with van der Waals surface area (Å²) >= 11 is 0. The zero-order valence-electron chi connectivity index (χ0n) is 6.40. The molecule has 1 fully saturated rings. The number of halogens is 3. The Bertz CT molecular complexity index is 192. The van der Waals surface area contributed by atoms with E-state index >= 15 is 0 Å². The summed E-state index contributed by atoms with van der Waals surface area (Å²) in [4.78, 5) is 10.8. The first-order valence-electron chi connectivity index (χ1n) is 3.50. The van der Waals surface area contributed by atoms with Crippen molar-refractivity contribution in [2.24, 2.45) is 5.92 Å². The lowest BCUT2D eigenvalue weighted by molar-refractivity contribution is -0.176. The number of hydrogen-bond acceptors (Lipinski definition) is 2. The van der Waals surface area contributed by atoms with Crippen LogP contribution in [0.4, 0.5) is 13.2 Å². The third kappa shape index (κ3) is 1.69. The Hall–Kier alpha value is -0.780. The molecule has 0 saturated carbocycles. The summed E-state index contributed by atoms with van der Waals surface area (Å²) in [7, 11) is 0. The maximum atomic E-state index is 12.1. The van der Waals surface area contributed by atoms with Crippen LogP contribution in [0.1, 0.15) is 6.92 Å². The van der Waals surface area contributed by atoms with Crippen LogP contribution in [0, 0.1) is 5.92 Å². The maximum Gasteiger partial charge on any atom is 0.404 e. The Kier molecular flexibility index (Phi) is 2.27. The topological polar surface area (TPSA) is 41.1 Å². The lowest BCUT2D eigenvalue weighted by Gasteiger charge is -2.31.